The molecule has 0 aliphatic heterocycles. The predicted octanol–water partition coefficient (Wildman–Crippen LogP) is 4.86. The number of nitrogens with two attached hydrogens (primary N) is 1. The maximum Gasteiger partial charge on any atom is 0.126 e. The van der Waals surface area contributed by atoms with Gasteiger partial charge in [0.2, 0.25) is 0 Å². The highest BCUT2D eigenvalue weighted by molar-refractivity contribution is 5.86. The van der Waals surface area contributed by atoms with Gasteiger partial charge in [-0.1, -0.05) is 37.6 Å². The van der Waals surface area contributed by atoms with Crippen molar-refractivity contribution in [1.29, 1.82) is 0 Å². The molecule has 0 saturated heterocycles. The van der Waals surface area contributed by atoms with Gasteiger partial charge in [-0.15, -0.1) is 24.8 Å². The molecule has 26 heavy (non-hydrogen) atoms. The summed E-state index contributed by atoms with van der Waals surface area (Å²) < 4.78 is 7.84. The number of aromatic nitrogens is 2. The summed E-state index contributed by atoms with van der Waals surface area (Å²) in [4.78, 5) is 4.78. The molecule has 0 radical (unpaired) electrons. The van der Waals surface area contributed by atoms with Crippen molar-refractivity contribution in [3.05, 3.63) is 48.3 Å². The molecule has 3 rings (SSSR count). The van der Waals surface area contributed by atoms with Gasteiger partial charge in [-0.25, -0.2) is 4.98 Å². The molecule has 0 aliphatic carbocycles. The molecule has 1 heterocycles. The monoisotopic (exact) mass is 395 g/mol. The van der Waals surface area contributed by atoms with Crippen LogP contribution in [0.1, 0.15) is 25.6 Å². The number of benzene rings is 2. The minimum absolute atomic E-state index is 0. The summed E-state index contributed by atoms with van der Waals surface area (Å²) in [7, 11) is 1.71. The number of methoxy groups -OCH3 is 1. The SMILES string of the molecule is CCCCn1c(CCN)nc2ccc(-c3ccccc3OC)cc21.Cl.Cl. The van der Waals surface area contributed by atoms with Gasteiger partial charge in [-0.2, -0.15) is 0 Å². The van der Waals surface area contributed by atoms with Crippen LogP contribution in [0.5, 0.6) is 5.75 Å². The lowest BCUT2D eigenvalue weighted by Crippen LogP contribution is -2.10. The van der Waals surface area contributed by atoms with Crippen LogP contribution in [0.2, 0.25) is 0 Å². The number of rotatable bonds is 7. The highest BCUT2D eigenvalue weighted by atomic mass is 35.5. The first-order valence-electron chi connectivity index (χ1n) is 8.61. The molecular formula is C20H27Cl2N3O. The number of ether oxygens (including phenoxy) is 1. The average molecular weight is 396 g/mol. The van der Waals surface area contributed by atoms with Crippen LogP contribution in [-0.4, -0.2) is 23.2 Å². The summed E-state index contributed by atoms with van der Waals surface area (Å²) in [6.07, 6.45) is 3.11. The van der Waals surface area contributed by atoms with Gasteiger partial charge in [0.25, 0.3) is 0 Å². The third-order valence-corrected chi connectivity index (χ3v) is 4.35. The van der Waals surface area contributed by atoms with Crippen molar-refractivity contribution in [3.63, 3.8) is 0 Å². The standard InChI is InChI=1S/C20H25N3O.2ClH/c1-3-4-13-23-18-14-15(16-7-5-6-8-19(16)24-2)9-10-17(18)22-20(23)11-12-21;;/h5-10,14H,3-4,11-13,21H2,1-2H3;2*1H. The number of fused-ring (bicyclic) bond motifs is 1. The van der Waals surface area contributed by atoms with E-state index in [1.54, 1.807) is 7.11 Å². The summed E-state index contributed by atoms with van der Waals surface area (Å²) in [5.74, 6) is 1.97. The van der Waals surface area contributed by atoms with Gasteiger partial charge < -0.3 is 15.0 Å². The molecule has 6 heteroatoms. The zero-order valence-electron chi connectivity index (χ0n) is 15.3. The summed E-state index contributed by atoms with van der Waals surface area (Å²) >= 11 is 0. The van der Waals surface area contributed by atoms with E-state index in [2.05, 4.69) is 35.8 Å². The van der Waals surface area contributed by atoms with Crippen LogP contribution in [0, 0.1) is 0 Å². The Morgan fingerprint density at radius 3 is 2.58 bits per heavy atom. The van der Waals surface area contributed by atoms with Crippen molar-refractivity contribution in [2.75, 3.05) is 13.7 Å². The Bertz CT molecular complexity index is 833. The molecule has 3 aromatic rings. The number of nitrogens with zero attached hydrogens (tertiary/aromatic N) is 2. The average Bonchev–Trinajstić information content (AvgIpc) is 2.96. The van der Waals surface area contributed by atoms with E-state index in [0.29, 0.717) is 6.54 Å². The molecule has 0 bridgehead atoms. The van der Waals surface area contributed by atoms with Crippen molar-refractivity contribution in [2.24, 2.45) is 5.73 Å². The lowest BCUT2D eigenvalue weighted by atomic mass is 10.0. The fourth-order valence-electron chi connectivity index (χ4n) is 3.11. The number of imidazole rings is 1. The van der Waals surface area contributed by atoms with Crippen LogP contribution in [0.4, 0.5) is 0 Å². The van der Waals surface area contributed by atoms with Gasteiger partial charge in [0, 0.05) is 18.5 Å². The molecule has 142 valence electrons. The number of para-hydroxylation sites is 1. The van der Waals surface area contributed by atoms with Crippen LogP contribution in [0.25, 0.3) is 22.2 Å². The number of unbranched alkanes of at least 4 members (excludes halogenated alkanes) is 1. The zero-order chi connectivity index (χ0) is 16.9. The molecule has 0 fully saturated rings. The maximum absolute atomic E-state index is 5.77. The van der Waals surface area contributed by atoms with E-state index in [1.165, 1.54) is 5.52 Å². The molecule has 1 aromatic heterocycles. The fraction of sp³-hybridized carbons (Fsp3) is 0.350. The molecule has 2 aromatic carbocycles. The molecule has 0 spiro atoms. The molecule has 0 saturated carbocycles. The molecule has 0 atom stereocenters. The normalized spacial score (nSPS) is 10.3. The second-order valence-electron chi connectivity index (χ2n) is 5.98. The molecule has 0 unspecified atom stereocenters. The van der Waals surface area contributed by atoms with E-state index in [1.807, 2.05) is 18.2 Å². The molecule has 2 N–H and O–H groups in total. The van der Waals surface area contributed by atoms with Crippen LogP contribution in [0.15, 0.2) is 42.5 Å². The fourth-order valence-corrected chi connectivity index (χ4v) is 3.11. The second kappa shape index (κ2) is 10.4. The van der Waals surface area contributed by atoms with Gasteiger partial charge in [-0.05, 0) is 36.7 Å². The Hall–Kier alpha value is -1.75. The topological polar surface area (TPSA) is 53.1 Å². The highest BCUT2D eigenvalue weighted by Crippen LogP contribution is 2.32. The summed E-state index contributed by atoms with van der Waals surface area (Å²) in [6, 6.07) is 14.5. The number of halogens is 2. The van der Waals surface area contributed by atoms with E-state index in [0.717, 1.165) is 54.0 Å². The van der Waals surface area contributed by atoms with E-state index in [9.17, 15) is 0 Å². The maximum atomic E-state index is 5.77. The molecule has 0 aliphatic rings. The van der Waals surface area contributed by atoms with Crippen LogP contribution in [0.3, 0.4) is 0 Å². The quantitative estimate of drug-likeness (QED) is 0.621. The highest BCUT2D eigenvalue weighted by Gasteiger charge is 2.12. The number of aryl methyl sites for hydroxylation is 1. The Kier molecular flexibility index (Phi) is 8.93. The summed E-state index contributed by atoms with van der Waals surface area (Å²) in [5.41, 5.74) is 10.2. The smallest absolute Gasteiger partial charge is 0.126 e. The van der Waals surface area contributed by atoms with Crippen LogP contribution < -0.4 is 10.5 Å². The van der Waals surface area contributed by atoms with Gasteiger partial charge in [0.1, 0.15) is 11.6 Å². The van der Waals surface area contributed by atoms with Crippen molar-refractivity contribution < 1.29 is 4.74 Å². The predicted molar refractivity (Wildman–Crippen MR) is 114 cm³/mol. The lowest BCUT2D eigenvalue weighted by Gasteiger charge is -2.10. The Balaban J connectivity index is 0.00000169. The van der Waals surface area contributed by atoms with Gasteiger partial charge in [-0.3, -0.25) is 0 Å². The van der Waals surface area contributed by atoms with Crippen molar-refractivity contribution in [2.45, 2.75) is 32.7 Å². The third-order valence-electron chi connectivity index (χ3n) is 4.35. The minimum Gasteiger partial charge on any atom is -0.496 e. The molecule has 0 amide bonds. The Morgan fingerprint density at radius 1 is 1.12 bits per heavy atom. The van der Waals surface area contributed by atoms with E-state index < -0.39 is 0 Å². The van der Waals surface area contributed by atoms with E-state index in [-0.39, 0.29) is 24.8 Å². The summed E-state index contributed by atoms with van der Waals surface area (Å²) in [5, 5.41) is 0. The first-order chi connectivity index (χ1) is 11.8. The van der Waals surface area contributed by atoms with E-state index in [4.69, 9.17) is 15.5 Å². The zero-order valence-corrected chi connectivity index (χ0v) is 16.9. The molecule has 4 nitrogen and oxygen atoms in total. The lowest BCUT2D eigenvalue weighted by molar-refractivity contribution is 0.416. The minimum atomic E-state index is 0. The van der Waals surface area contributed by atoms with Crippen LogP contribution in [-0.2, 0) is 13.0 Å². The first kappa shape index (κ1) is 22.3. The number of hydrogen-bond donors (Lipinski definition) is 1. The van der Waals surface area contributed by atoms with Gasteiger partial charge in [0.15, 0.2) is 0 Å². The largest absolute Gasteiger partial charge is 0.496 e. The Morgan fingerprint density at radius 2 is 1.88 bits per heavy atom. The van der Waals surface area contributed by atoms with Gasteiger partial charge >= 0.3 is 0 Å². The first-order valence-corrected chi connectivity index (χ1v) is 8.61. The second-order valence-corrected chi connectivity index (χ2v) is 5.98. The van der Waals surface area contributed by atoms with Crippen molar-refractivity contribution in [1.82, 2.24) is 9.55 Å². The number of hydrogen-bond acceptors (Lipinski definition) is 3. The summed E-state index contributed by atoms with van der Waals surface area (Å²) in [6.45, 7) is 3.81. The third kappa shape index (κ3) is 4.50. The van der Waals surface area contributed by atoms with Crippen molar-refractivity contribution >= 4 is 35.8 Å². The van der Waals surface area contributed by atoms with E-state index >= 15 is 0 Å². The molecular weight excluding hydrogens is 369 g/mol. The van der Waals surface area contributed by atoms with Gasteiger partial charge in [0.05, 0.1) is 18.1 Å². The Labute approximate surface area is 167 Å². The van der Waals surface area contributed by atoms with Crippen LogP contribution >= 0.6 is 24.8 Å². The van der Waals surface area contributed by atoms with Crippen molar-refractivity contribution in [3.8, 4) is 16.9 Å².